The van der Waals surface area contributed by atoms with E-state index in [1.165, 1.54) is 17.5 Å². The van der Waals surface area contributed by atoms with Crippen molar-refractivity contribution >= 4 is 18.3 Å². The minimum absolute atomic E-state index is 0. The van der Waals surface area contributed by atoms with Crippen LogP contribution in [0.5, 0.6) is 0 Å². The monoisotopic (exact) mass is 308 g/mol. The van der Waals surface area contributed by atoms with Crippen LogP contribution in [0.25, 0.3) is 0 Å². The van der Waals surface area contributed by atoms with Gasteiger partial charge in [-0.25, -0.2) is 0 Å². The molecule has 1 aliphatic carbocycles. The lowest BCUT2D eigenvalue weighted by atomic mass is 10.0. The van der Waals surface area contributed by atoms with Crippen LogP contribution < -0.4 is 5.32 Å². The lowest BCUT2D eigenvalue weighted by molar-refractivity contribution is -0.134. The van der Waals surface area contributed by atoms with Gasteiger partial charge in [-0.3, -0.25) is 4.79 Å². The van der Waals surface area contributed by atoms with Crippen LogP contribution in [0.1, 0.15) is 36.3 Å². The van der Waals surface area contributed by atoms with Crippen molar-refractivity contribution in [2.75, 3.05) is 20.1 Å². The van der Waals surface area contributed by atoms with Crippen molar-refractivity contribution in [3.8, 4) is 0 Å². The Bertz CT molecular complexity index is 505. The fraction of sp³-hybridized carbons (Fsp3) is 0.588. The lowest BCUT2D eigenvalue weighted by Gasteiger charge is -2.32. The average molecular weight is 309 g/mol. The van der Waals surface area contributed by atoms with Crippen molar-refractivity contribution in [2.45, 2.75) is 38.1 Å². The van der Waals surface area contributed by atoms with Gasteiger partial charge in [-0.1, -0.05) is 24.3 Å². The van der Waals surface area contributed by atoms with E-state index in [1.54, 1.807) is 0 Å². The van der Waals surface area contributed by atoms with E-state index in [1.807, 2.05) is 7.05 Å². The van der Waals surface area contributed by atoms with Crippen LogP contribution >= 0.6 is 12.4 Å². The predicted molar refractivity (Wildman–Crippen MR) is 87.9 cm³/mol. The summed E-state index contributed by atoms with van der Waals surface area (Å²) in [7, 11) is 1.99. The van der Waals surface area contributed by atoms with Gasteiger partial charge in [0.25, 0.3) is 0 Å². The highest BCUT2D eigenvalue weighted by molar-refractivity contribution is 5.85. The molecule has 1 aromatic carbocycles. The summed E-state index contributed by atoms with van der Waals surface area (Å²) < 4.78 is 0. The van der Waals surface area contributed by atoms with Crippen molar-refractivity contribution in [1.82, 2.24) is 10.2 Å². The van der Waals surface area contributed by atoms with Crippen molar-refractivity contribution in [3.63, 3.8) is 0 Å². The van der Waals surface area contributed by atoms with Crippen LogP contribution in [0.3, 0.4) is 0 Å². The van der Waals surface area contributed by atoms with Gasteiger partial charge in [0.05, 0.1) is 0 Å². The molecule has 2 fully saturated rings. The van der Waals surface area contributed by atoms with Crippen LogP contribution in [-0.4, -0.2) is 37.0 Å². The van der Waals surface area contributed by atoms with E-state index < -0.39 is 0 Å². The Morgan fingerprint density at radius 2 is 2.10 bits per heavy atom. The summed E-state index contributed by atoms with van der Waals surface area (Å²) in [5.41, 5.74) is 2.69. The number of benzene rings is 1. The zero-order chi connectivity index (χ0) is 14.1. The topological polar surface area (TPSA) is 32.3 Å². The van der Waals surface area contributed by atoms with Crippen molar-refractivity contribution in [3.05, 3.63) is 35.4 Å². The number of nitrogens with one attached hydrogen (secondary N) is 1. The Hall–Kier alpha value is -1.06. The summed E-state index contributed by atoms with van der Waals surface area (Å²) in [4.78, 5) is 14.7. The highest BCUT2D eigenvalue weighted by atomic mass is 35.5. The number of carbonyl (C=O) groups is 1. The van der Waals surface area contributed by atoms with E-state index in [-0.39, 0.29) is 18.3 Å². The van der Waals surface area contributed by atoms with Crippen molar-refractivity contribution in [2.24, 2.45) is 5.92 Å². The summed E-state index contributed by atoms with van der Waals surface area (Å²) in [5.74, 6) is 1.06. The van der Waals surface area contributed by atoms with Gasteiger partial charge in [-0.05, 0) is 50.3 Å². The Labute approximate surface area is 133 Å². The number of hydrogen-bond donors (Lipinski definition) is 1. The molecule has 21 heavy (non-hydrogen) atoms. The SMILES string of the molecule is CNC1CCCN(C(=O)C2CC2c2ccccc2C)C1.Cl. The summed E-state index contributed by atoms with van der Waals surface area (Å²) in [6.45, 7) is 3.97. The first-order valence-corrected chi connectivity index (χ1v) is 7.72. The van der Waals surface area contributed by atoms with Gasteiger partial charge in [0.1, 0.15) is 0 Å². The molecule has 0 bridgehead atoms. The van der Waals surface area contributed by atoms with Gasteiger partial charge in [0.15, 0.2) is 0 Å². The predicted octanol–water partition coefficient (Wildman–Crippen LogP) is 2.73. The maximum absolute atomic E-state index is 12.6. The number of carbonyl (C=O) groups excluding carboxylic acids is 1. The van der Waals surface area contributed by atoms with Gasteiger partial charge in [0.2, 0.25) is 5.91 Å². The smallest absolute Gasteiger partial charge is 0.226 e. The molecule has 1 N–H and O–H groups in total. The highest BCUT2D eigenvalue weighted by Gasteiger charge is 2.46. The molecule has 3 nitrogen and oxygen atoms in total. The standard InChI is InChI=1S/C17H24N2O.ClH/c1-12-6-3-4-8-14(12)15-10-16(15)17(20)19-9-5-7-13(11-19)18-2;/h3-4,6,8,13,15-16,18H,5,7,9-11H2,1-2H3;1H. The van der Waals surface area contributed by atoms with Gasteiger partial charge in [0, 0.05) is 25.0 Å². The second-order valence-electron chi connectivity index (χ2n) is 6.22. The quantitative estimate of drug-likeness (QED) is 0.931. The molecular formula is C17H25ClN2O. The molecule has 1 aromatic rings. The molecule has 0 aromatic heterocycles. The first-order chi connectivity index (χ1) is 9.70. The number of likely N-dealkylation sites (N-methyl/N-ethyl adjacent to an activating group) is 1. The van der Waals surface area contributed by atoms with E-state index in [9.17, 15) is 4.79 Å². The van der Waals surface area contributed by atoms with Gasteiger partial charge < -0.3 is 10.2 Å². The van der Waals surface area contributed by atoms with Crippen LogP contribution in [0, 0.1) is 12.8 Å². The highest BCUT2D eigenvalue weighted by Crippen LogP contribution is 2.49. The van der Waals surface area contributed by atoms with Gasteiger partial charge in [-0.15, -0.1) is 12.4 Å². The number of amides is 1. The third-order valence-electron chi connectivity index (χ3n) is 4.84. The third kappa shape index (κ3) is 3.41. The number of likely N-dealkylation sites (tertiary alicyclic amines) is 1. The fourth-order valence-electron chi connectivity index (χ4n) is 3.46. The summed E-state index contributed by atoms with van der Waals surface area (Å²) >= 11 is 0. The molecule has 0 spiro atoms. The number of hydrogen-bond acceptors (Lipinski definition) is 2. The minimum atomic E-state index is 0. The molecule has 1 amide bonds. The van der Waals surface area contributed by atoms with E-state index >= 15 is 0 Å². The van der Waals surface area contributed by atoms with E-state index in [2.05, 4.69) is 41.4 Å². The molecule has 116 valence electrons. The zero-order valence-electron chi connectivity index (χ0n) is 12.8. The van der Waals surface area contributed by atoms with E-state index in [0.717, 1.165) is 25.9 Å². The van der Waals surface area contributed by atoms with Crippen molar-refractivity contribution in [1.29, 1.82) is 0 Å². The van der Waals surface area contributed by atoms with Crippen LogP contribution in [0.4, 0.5) is 0 Å². The molecule has 1 saturated carbocycles. The molecule has 0 radical (unpaired) electrons. The first kappa shape index (κ1) is 16.3. The Morgan fingerprint density at radius 1 is 1.33 bits per heavy atom. The molecular weight excluding hydrogens is 284 g/mol. The summed E-state index contributed by atoms with van der Waals surface area (Å²) in [5, 5.41) is 3.31. The Morgan fingerprint density at radius 3 is 2.81 bits per heavy atom. The normalized spacial score (nSPS) is 27.9. The third-order valence-corrected chi connectivity index (χ3v) is 4.84. The second kappa shape index (κ2) is 6.80. The average Bonchev–Trinajstić information content (AvgIpc) is 3.27. The van der Waals surface area contributed by atoms with Crippen LogP contribution in [0.15, 0.2) is 24.3 Å². The molecule has 3 atom stereocenters. The van der Waals surface area contributed by atoms with Crippen LogP contribution in [-0.2, 0) is 4.79 Å². The number of rotatable bonds is 3. The largest absolute Gasteiger partial charge is 0.341 e. The van der Waals surface area contributed by atoms with Gasteiger partial charge >= 0.3 is 0 Å². The maximum Gasteiger partial charge on any atom is 0.226 e. The summed E-state index contributed by atoms with van der Waals surface area (Å²) in [6.07, 6.45) is 3.34. The van der Waals surface area contributed by atoms with E-state index in [4.69, 9.17) is 0 Å². The van der Waals surface area contributed by atoms with Crippen LogP contribution in [0.2, 0.25) is 0 Å². The maximum atomic E-state index is 12.6. The Kier molecular flexibility index (Phi) is 5.28. The molecule has 4 heteroatoms. The minimum Gasteiger partial charge on any atom is -0.341 e. The molecule has 1 heterocycles. The van der Waals surface area contributed by atoms with Crippen molar-refractivity contribution < 1.29 is 4.79 Å². The molecule has 3 rings (SSSR count). The van der Waals surface area contributed by atoms with E-state index in [0.29, 0.717) is 17.9 Å². The lowest BCUT2D eigenvalue weighted by Crippen LogP contribution is -2.47. The molecule has 1 saturated heterocycles. The molecule has 3 unspecified atom stereocenters. The fourth-order valence-corrected chi connectivity index (χ4v) is 3.46. The number of nitrogens with zero attached hydrogens (tertiary/aromatic N) is 1. The number of aryl methyl sites for hydroxylation is 1. The Balaban J connectivity index is 0.00000161. The van der Waals surface area contributed by atoms with Gasteiger partial charge in [-0.2, -0.15) is 0 Å². The number of halogens is 1. The summed E-state index contributed by atoms with van der Waals surface area (Å²) in [6, 6.07) is 8.95. The zero-order valence-corrected chi connectivity index (χ0v) is 13.7. The molecule has 1 aliphatic heterocycles. The first-order valence-electron chi connectivity index (χ1n) is 7.72. The second-order valence-corrected chi connectivity index (χ2v) is 6.22. The molecule has 2 aliphatic rings. The number of piperidine rings is 1.